The summed E-state index contributed by atoms with van der Waals surface area (Å²) in [4.78, 5) is 33.3. The third kappa shape index (κ3) is 6.99. The minimum atomic E-state index is -0.457. The van der Waals surface area contributed by atoms with E-state index in [1.807, 2.05) is 28.7 Å². The number of nitrogens with zero attached hydrogens (tertiary/aromatic N) is 3. The monoisotopic (exact) mass is 511 g/mol. The molecule has 0 saturated carbocycles. The highest BCUT2D eigenvalue weighted by atomic mass is 35.5. The molecule has 0 aliphatic carbocycles. The molecule has 1 saturated heterocycles. The summed E-state index contributed by atoms with van der Waals surface area (Å²) in [5.41, 5.74) is 2.33. The summed E-state index contributed by atoms with van der Waals surface area (Å²) in [7, 11) is 0. The van der Waals surface area contributed by atoms with Crippen molar-refractivity contribution in [2.24, 2.45) is 0 Å². The fraction of sp³-hybridized carbons (Fsp3) is 0.542. The number of amides is 1. The van der Waals surface area contributed by atoms with Crippen LogP contribution in [0.4, 0.5) is 0 Å². The molecule has 1 aliphatic heterocycles. The number of aliphatic hydroxyl groups excluding tert-OH is 1. The van der Waals surface area contributed by atoms with Crippen LogP contribution < -0.4 is 0 Å². The summed E-state index contributed by atoms with van der Waals surface area (Å²) >= 11 is 13.7. The van der Waals surface area contributed by atoms with Gasteiger partial charge >= 0.3 is 0 Å². The molecule has 9 heteroatoms. The van der Waals surface area contributed by atoms with Crippen LogP contribution in [0.3, 0.4) is 0 Å². The molecule has 33 heavy (non-hydrogen) atoms. The Labute approximate surface area is 209 Å². The number of pyridine rings is 1. The number of likely N-dealkylation sites (tertiary alicyclic amines) is 1. The summed E-state index contributed by atoms with van der Waals surface area (Å²) in [6, 6.07) is 4.17. The molecule has 1 N–H and O–H groups in total. The van der Waals surface area contributed by atoms with Gasteiger partial charge in [0.05, 0.1) is 5.56 Å². The molecule has 0 aromatic carbocycles. The standard InChI is InChI=1S/C24H31Cl2N3O3S/c1-16-12-21(25)27-24(26)23(16)20(31)5-3-4-17(2)28-9-6-19(7-10-28)29(22(32)14-30)13-18-8-11-33-15-18/h8,11-12,15,17,19,30H,3-7,9-10,13-14H2,1-2H3/t17-/m1/s1. The van der Waals surface area contributed by atoms with E-state index in [1.54, 1.807) is 17.4 Å². The molecule has 1 atom stereocenters. The number of ketones is 1. The Hall–Kier alpha value is -1.51. The minimum Gasteiger partial charge on any atom is -0.387 e. The summed E-state index contributed by atoms with van der Waals surface area (Å²) < 4.78 is 0. The molecule has 3 heterocycles. The smallest absolute Gasteiger partial charge is 0.248 e. The lowest BCUT2D eigenvalue weighted by molar-refractivity contribution is -0.138. The molecular weight excluding hydrogens is 481 g/mol. The topological polar surface area (TPSA) is 73.7 Å². The van der Waals surface area contributed by atoms with Gasteiger partial charge in [0.25, 0.3) is 0 Å². The molecule has 1 amide bonds. The molecule has 2 aromatic rings. The first-order chi connectivity index (χ1) is 15.8. The molecule has 6 nitrogen and oxygen atoms in total. The lowest BCUT2D eigenvalue weighted by atomic mass is 9.98. The summed E-state index contributed by atoms with van der Waals surface area (Å²) in [5.74, 6) is -0.212. The van der Waals surface area contributed by atoms with Gasteiger partial charge in [0.15, 0.2) is 5.78 Å². The van der Waals surface area contributed by atoms with Gasteiger partial charge in [-0.05, 0) is 73.6 Å². The van der Waals surface area contributed by atoms with Crippen molar-refractivity contribution in [3.63, 3.8) is 0 Å². The maximum Gasteiger partial charge on any atom is 0.248 e. The average Bonchev–Trinajstić information content (AvgIpc) is 3.29. The zero-order valence-corrected chi connectivity index (χ0v) is 21.4. The normalized spacial score (nSPS) is 16.0. The van der Waals surface area contributed by atoms with E-state index in [9.17, 15) is 14.7 Å². The number of carbonyl (C=O) groups excluding carboxylic acids is 2. The van der Waals surface area contributed by atoms with Gasteiger partial charge in [0, 0.05) is 38.1 Å². The van der Waals surface area contributed by atoms with Crippen LogP contribution in [-0.4, -0.2) is 63.4 Å². The molecule has 2 aromatic heterocycles. The number of thiophene rings is 1. The Bertz CT molecular complexity index is 923. The molecule has 180 valence electrons. The molecule has 0 bridgehead atoms. The first kappa shape index (κ1) is 26.1. The van der Waals surface area contributed by atoms with E-state index in [4.69, 9.17) is 23.2 Å². The zero-order chi connectivity index (χ0) is 24.0. The summed E-state index contributed by atoms with van der Waals surface area (Å²) in [6.07, 6.45) is 3.85. The molecule has 3 rings (SSSR count). The van der Waals surface area contributed by atoms with Crippen molar-refractivity contribution in [2.45, 2.75) is 64.6 Å². The van der Waals surface area contributed by atoms with Crippen molar-refractivity contribution in [2.75, 3.05) is 19.7 Å². The van der Waals surface area contributed by atoms with Crippen molar-refractivity contribution in [3.8, 4) is 0 Å². The van der Waals surface area contributed by atoms with Crippen LogP contribution in [0.25, 0.3) is 0 Å². The summed E-state index contributed by atoms with van der Waals surface area (Å²) in [6.45, 7) is 5.89. The highest BCUT2D eigenvalue weighted by Gasteiger charge is 2.29. The number of halogens is 2. The van der Waals surface area contributed by atoms with Gasteiger partial charge in [0.2, 0.25) is 5.91 Å². The number of hydrogen-bond donors (Lipinski definition) is 1. The fourth-order valence-corrected chi connectivity index (χ4v) is 5.82. The van der Waals surface area contributed by atoms with Gasteiger partial charge in [-0.1, -0.05) is 23.2 Å². The number of aromatic nitrogens is 1. The van der Waals surface area contributed by atoms with Crippen molar-refractivity contribution < 1.29 is 14.7 Å². The molecule has 1 aliphatic rings. The van der Waals surface area contributed by atoms with Crippen LogP contribution in [0, 0.1) is 6.92 Å². The van der Waals surface area contributed by atoms with Crippen molar-refractivity contribution in [1.29, 1.82) is 0 Å². The van der Waals surface area contributed by atoms with Gasteiger partial charge in [0.1, 0.15) is 16.9 Å². The molecule has 0 radical (unpaired) electrons. The van der Waals surface area contributed by atoms with Gasteiger partial charge < -0.3 is 14.9 Å². The van der Waals surface area contributed by atoms with Crippen molar-refractivity contribution >= 4 is 46.2 Å². The second-order valence-electron chi connectivity index (χ2n) is 8.67. The Balaban J connectivity index is 1.47. The number of rotatable bonds is 10. The van der Waals surface area contributed by atoms with Gasteiger partial charge in [-0.15, -0.1) is 0 Å². The summed E-state index contributed by atoms with van der Waals surface area (Å²) in [5, 5.41) is 13.9. The van der Waals surface area contributed by atoms with Crippen molar-refractivity contribution in [3.05, 3.63) is 49.9 Å². The van der Waals surface area contributed by atoms with E-state index in [-0.39, 0.29) is 22.9 Å². The first-order valence-electron chi connectivity index (χ1n) is 11.3. The largest absolute Gasteiger partial charge is 0.387 e. The van der Waals surface area contributed by atoms with E-state index in [0.717, 1.165) is 49.9 Å². The Morgan fingerprint density at radius 2 is 2.06 bits per heavy atom. The lowest BCUT2D eigenvalue weighted by Crippen LogP contribution is -2.49. The van der Waals surface area contributed by atoms with E-state index >= 15 is 0 Å². The van der Waals surface area contributed by atoms with Gasteiger partial charge in [-0.2, -0.15) is 11.3 Å². The lowest BCUT2D eigenvalue weighted by Gasteiger charge is -2.40. The SMILES string of the molecule is Cc1cc(Cl)nc(Cl)c1C(=O)CCC[C@@H](C)N1CCC(N(Cc2ccsc2)C(=O)CO)CC1. The van der Waals surface area contributed by atoms with Crippen LogP contribution in [0.1, 0.15) is 60.5 Å². The predicted molar refractivity (Wildman–Crippen MR) is 133 cm³/mol. The van der Waals surface area contributed by atoms with E-state index in [2.05, 4.69) is 16.8 Å². The van der Waals surface area contributed by atoms with E-state index in [0.29, 0.717) is 29.7 Å². The number of aliphatic hydroxyl groups is 1. The van der Waals surface area contributed by atoms with Crippen LogP contribution >= 0.6 is 34.5 Å². The Kier molecular flexibility index (Phi) is 9.70. The maximum atomic E-state index is 12.7. The third-order valence-corrected chi connectivity index (χ3v) is 7.60. The van der Waals surface area contributed by atoms with Crippen LogP contribution in [0.2, 0.25) is 10.3 Å². The molecule has 0 unspecified atom stereocenters. The third-order valence-electron chi connectivity index (χ3n) is 6.40. The van der Waals surface area contributed by atoms with Crippen LogP contribution in [-0.2, 0) is 11.3 Å². The molecular formula is C24H31Cl2N3O3S. The molecule has 0 spiro atoms. The highest BCUT2D eigenvalue weighted by Crippen LogP contribution is 2.25. The second kappa shape index (κ2) is 12.3. The van der Waals surface area contributed by atoms with Gasteiger partial charge in [-0.25, -0.2) is 4.98 Å². The van der Waals surface area contributed by atoms with E-state index in [1.165, 1.54) is 0 Å². The first-order valence-corrected chi connectivity index (χ1v) is 13.0. The minimum absolute atomic E-state index is 0.000775. The van der Waals surface area contributed by atoms with E-state index < -0.39 is 6.61 Å². The highest BCUT2D eigenvalue weighted by molar-refractivity contribution is 7.07. The fourth-order valence-electron chi connectivity index (χ4n) is 4.53. The zero-order valence-electron chi connectivity index (χ0n) is 19.1. The number of aryl methyl sites for hydroxylation is 1. The quantitative estimate of drug-likeness (QED) is 0.359. The van der Waals surface area contributed by atoms with Gasteiger partial charge in [-0.3, -0.25) is 9.59 Å². The number of hydrogen-bond acceptors (Lipinski definition) is 6. The molecule has 1 fully saturated rings. The maximum absolute atomic E-state index is 12.7. The average molecular weight is 513 g/mol. The Morgan fingerprint density at radius 3 is 2.67 bits per heavy atom. The second-order valence-corrected chi connectivity index (χ2v) is 10.2. The number of Topliss-reactive ketones (excluding diaryl/α,β-unsaturated/α-hetero) is 1. The Morgan fingerprint density at radius 1 is 1.33 bits per heavy atom. The predicted octanol–water partition coefficient (Wildman–Crippen LogP) is 4.99. The van der Waals surface area contributed by atoms with Crippen molar-refractivity contribution in [1.82, 2.24) is 14.8 Å². The number of piperidine rings is 1. The number of carbonyl (C=O) groups is 2. The van der Waals surface area contributed by atoms with Crippen LogP contribution in [0.5, 0.6) is 0 Å². The van der Waals surface area contributed by atoms with Crippen LogP contribution in [0.15, 0.2) is 22.9 Å².